The molecule has 0 bridgehead atoms. The Morgan fingerprint density at radius 2 is 1.81 bits per heavy atom. The topological polar surface area (TPSA) is 56.1 Å². The van der Waals surface area contributed by atoms with E-state index in [2.05, 4.69) is 29.6 Å². The Balaban J connectivity index is 1.56. The van der Waals surface area contributed by atoms with Gasteiger partial charge < -0.3 is 10.2 Å². The molecule has 3 rings (SSSR count). The van der Waals surface area contributed by atoms with Crippen LogP contribution in [0.25, 0.3) is 0 Å². The third kappa shape index (κ3) is 4.98. The smallest absolute Gasteiger partial charge is 0.266 e. The summed E-state index contributed by atoms with van der Waals surface area (Å²) in [7, 11) is 0. The van der Waals surface area contributed by atoms with Gasteiger partial charge in [0, 0.05) is 25.0 Å². The number of piperidine rings is 1. The number of carbonyl (C=O) groups is 1. The first-order chi connectivity index (χ1) is 13.2. The highest BCUT2D eigenvalue weighted by molar-refractivity contribution is 5.97. The molecule has 1 fully saturated rings. The van der Waals surface area contributed by atoms with Crippen LogP contribution in [0, 0.1) is 24.2 Å². The summed E-state index contributed by atoms with van der Waals surface area (Å²) < 4.78 is 0. The molecule has 138 valence electrons. The van der Waals surface area contributed by atoms with E-state index in [0.29, 0.717) is 19.0 Å². The summed E-state index contributed by atoms with van der Waals surface area (Å²) >= 11 is 0. The predicted octanol–water partition coefficient (Wildman–Crippen LogP) is 4.30. The number of nitriles is 1. The van der Waals surface area contributed by atoms with Crippen LogP contribution in [0.2, 0.25) is 0 Å². The summed E-state index contributed by atoms with van der Waals surface area (Å²) in [4.78, 5) is 14.5. The Morgan fingerprint density at radius 1 is 1.15 bits per heavy atom. The summed E-state index contributed by atoms with van der Waals surface area (Å²) in [6.45, 7) is 3.40. The molecule has 1 aliphatic heterocycles. The van der Waals surface area contributed by atoms with E-state index in [1.54, 1.807) is 4.90 Å². The second-order valence-electron chi connectivity index (χ2n) is 7.05. The lowest BCUT2D eigenvalue weighted by Crippen LogP contribution is -2.39. The van der Waals surface area contributed by atoms with Crippen molar-refractivity contribution in [3.63, 3.8) is 0 Å². The van der Waals surface area contributed by atoms with Crippen molar-refractivity contribution in [1.29, 1.82) is 5.26 Å². The lowest BCUT2D eigenvalue weighted by molar-refractivity contribution is -0.128. The minimum atomic E-state index is -0.184. The SMILES string of the molecule is Cc1ccccc1N/C=C(/C#N)C(=O)N1CCC(Cc2ccccc2)CC1. The van der Waals surface area contributed by atoms with E-state index < -0.39 is 0 Å². The molecule has 1 heterocycles. The molecular weight excluding hydrogens is 334 g/mol. The molecule has 0 radical (unpaired) electrons. The zero-order valence-corrected chi connectivity index (χ0v) is 15.7. The van der Waals surface area contributed by atoms with E-state index >= 15 is 0 Å². The van der Waals surface area contributed by atoms with Gasteiger partial charge in [0.2, 0.25) is 0 Å². The monoisotopic (exact) mass is 359 g/mol. The van der Waals surface area contributed by atoms with Crippen LogP contribution in [0.5, 0.6) is 0 Å². The van der Waals surface area contributed by atoms with Crippen LogP contribution >= 0.6 is 0 Å². The van der Waals surface area contributed by atoms with Gasteiger partial charge in [-0.05, 0) is 49.3 Å². The van der Waals surface area contributed by atoms with Crippen LogP contribution in [-0.2, 0) is 11.2 Å². The van der Waals surface area contributed by atoms with Crippen molar-refractivity contribution >= 4 is 11.6 Å². The van der Waals surface area contributed by atoms with Crippen molar-refractivity contribution in [2.75, 3.05) is 18.4 Å². The van der Waals surface area contributed by atoms with Crippen molar-refractivity contribution in [2.24, 2.45) is 5.92 Å². The van der Waals surface area contributed by atoms with Crippen LogP contribution in [0.1, 0.15) is 24.0 Å². The first-order valence-electron chi connectivity index (χ1n) is 9.43. The van der Waals surface area contributed by atoms with E-state index in [9.17, 15) is 10.1 Å². The van der Waals surface area contributed by atoms with Crippen molar-refractivity contribution < 1.29 is 4.79 Å². The van der Waals surface area contributed by atoms with Crippen molar-refractivity contribution in [1.82, 2.24) is 4.90 Å². The fourth-order valence-electron chi connectivity index (χ4n) is 3.48. The maximum atomic E-state index is 12.7. The normalized spacial score (nSPS) is 15.3. The highest BCUT2D eigenvalue weighted by Gasteiger charge is 2.25. The van der Waals surface area contributed by atoms with Crippen LogP contribution in [-0.4, -0.2) is 23.9 Å². The van der Waals surface area contributed by atoms with Gasteiger partial charge in [0.25, 0.3) is 5.91 Å². The van der Waals surface area contributed by atoms with Gasteiger partial charge in [-0.25, -0.2) is 0 Å². The largest absolute Gasteiger partial charge is 0.360 e. The standard InChI is InChI=1S/C23H25N3O/c1-18-7-5-6-10-22(18)25-17-21(16-24)23(27)26-13-11-20(12-14-26)15-19-8-3-2-4-9-19/h2-10,17,20,25H,11-15H2,1H3/b21-17-. The molecule has 27 heavy (non-hydrogen) atoms. The zero-order valence-electron chi connectivity index (χ0n) is 15.7. The highest BCUT2D eigenvalue weighted by atomic mass is 16.2. The quantitative estimate of drug-likeness (QED) is 0.640. The molecule has 4 nitrogen and oxygen atoms in total. The number of rotatable bonds is 5. The second-order valence-corrected chi connectivity index (χ2v) is 7.05. The molecular formula is C23H25N3O. The number of anilines is 1. The van der Waals surface area contributed by atoms with Gasteiger partial charge in [-0.1, -0.05) is 48.5 Å². The third-order valence-corrected chi connectivity index (χ3v) is 5.14. The van der Waals surface area contributed by atoms with Gasteiger partial charge in [-0.2, -0.15) is 5.26 Å². The van der Waals surface area contributed by atoms with E-state index in [1.807, 2.05) is 43.3 Å². The molecule has 1 saturated heterocycles. The summed E-state index contributed by atoms with van der Waals surface area (Å²) in [5.74, 6) is 0.410. The first-order valence-corrected chi connectivity index (χ1v) is 9.43. The number of nitrogens with one attached hydrogen (secondary N) is 1. The maximum absolute atomic E-state index is 12.7. The summed E-state index contributed by atoms with van der Waals surface area (Å²) in [6.07, 6.45) is 4.54. The number of para-hydroxylation sites is 1. The van der Waals surface area contributed by atoms with E-state index in [-0.39, 0.29) is 11.5 Å². The van der Waals surface area contributed by atoms with E-state index in [4.69, 9.17) is 0 Å². The van der Waals surface area contributed by atoms with Crippen LogP contribution in [0.15, 0.2) is 66.4 Å². The lowest BCUT2D eigenvalue weighted by atomic mass is 9.90. The van der Waals surface area contributed by atoms with Gasteiger partial charge >= 0.3 is 0 Å². The Labute approximate surface area is 161 Å². The van der Waals surface area contributed by atoms with Gasteiger partial charge in [-0.3, -0.25) is 4.79 Å². The molecule has 0 atom stereocenters. The average Bonchev–Trinajstić information content (AvgIpc) is 2.71. The molecule has 4 heteroatoms. The Kier molecular flexibility index (Phi) is 6.27. The zero-order chi connectivity index (χ0) is 19.1. The lowest BCUT2D eigenvalue weighted by Gasteiger charge is -2.32. The second kappa shape index (κ2) is 9.05. The third-order valence-electron chi connectivity index (χ3n) is 5.14. The first kappa shape index (κ1) is 18.7. The average molecular weight is 359 g/mol. The fourth-order valence-corrected chi connectivity index (χ4v) is 3.48. The number of hydrogen-bond acceptors (Lipinski definition) is 3. The Morgan fingerprint density at radius 3 is 2.48 bits per heavy atom. The number of aryl methyl sites for hydroxylation is 1. The van der Waals surface area contributed by atoms with Gasteiger partial charge in [-0.15, -0.1) is 0 Å². The molecule has 0 saturated carbocycles. The van der Waals surface area contributed by atoms with Crippen LogP contribution in [0.3, 0.4) is 0 Å². The van der Waals surface area contributed by atoms with E-state index in [0.717, 1.165) is 30.5 Å². The van der Waals surface area contributed by atoms with Gasteiger partial charge in [0.1, 0.15) is 11.6 Å². The van der Waals surface area contributed by atoms with E-state index in [1.165, 1.54) is 11.8 Å². The molecule has 1 N–H and O–H groups in total. The number of likely N-dealkylation sites (tertiary alicyclic amines) is 1. The molecule has 0 unspecified atom stereocenters. The predicted molar refractivity (Wildman–Crippen MR) is 108 cm³/mol. The fraction of sp³-hybridized carbons (Fsp3) is 0.304. The number of hydrogen-bond donors (Lipinski definition) is 1. The minimum Gasteiger partial charge on any atom is -0.360 e. The van der Waals surface area contributed by atoms with Crippen molar-refractivity contribution in [3.8, 4) is 6.07 Å². The Bertz CT molecular complexity index is 843. The summed E-state index contributed by atoms with van der Waals surface area (Å²) in [6, 6.07) is 20.3. The molecule has 1 amide bonds. The number of carbonyl (C=O) groups excluding carboxylic acids is 1. The van der Waals surface area contributed by atoms with Crippen molar-refractivity contribution in [2.45, 2.75) is 26.2 Å². The summed E-state index contributed by atoms with van der Waals surface area (Å²) in [5, 5.41) is 12.5. The van der Waals surface area contributed by atoms with Gasteiger partial charge in [0.15, 0.2) is 0 Å². The van der Waals surface area contributed by atoms with Crippen molar-refractivity contribution in [3.05, 3.63) is 77.5 Å². The summed E-state index contributed by atoms with van der Waals surface area (Å²) in [5.41, 5.74) is 3.47. The molecule has 0 aliphatic carbocycles. The Hall–Kier alpha value is -3.06. The maximum Gasteiger partial charge on any atom is 0.266 e. The molecule has 2 aromatic carbocycles. The van der Waals surface area contributed by atoms with Crippen LogP contribution in [0.4, 0.5) is 5.69 Å². The molecule has 1 aliphatic rings. The molecule has 2 aromatic rings. The van der Waals surface area contributed by atoms with Gasteiger partial charge in [0.05, 0.1) is 0 Å². The highest BCUT2D eigenvalue weighted by Crippen LogP contribution is 2.23. The van der Waals surface area contributed by atoms with Crippen LogP contribution < -0.4 is 5.32 Å². The number of nitrogens with zero attached hydrogens (tertiary/aromatic N) is 2. The number of amides is 1. The molecule has 0 spiro atoms. The minimum absolute atomic E-state index is 0.153. The number of benzene rings is 2. The molecule has 0 aromatic heterocycles.